The third-order valence-electron chi connectivity index (χ3n) is 11.1. The van der Waals surface area contributed by atoms with Crippen LogP contribution >= 0.6 is 0 Å². The maximum Gasteiger partial charge on any atom is 0.164 e. The van der Waals surface area contributed by atoms with Gasteiger partial charge >= 0.3 is 0 Å². The number of hydrogen-bond donors (Lipinski definition) is 0. The van der Waals surface area contributed by atoms with Crippen LogP contribution in [0.3, 0.4) is 0 Å². The summed E-state index contributed by atoms with van der Waals surface area (Å²) in [4.78, 5) is 17.3. The zero-order valence-electron chi connectivity index (χ0n) is 28.2. The van der Waals surface area contributed by atoms with Gasteiger partial charge in [-0.1, -0.05) is 153 Å². The Balaban J connectivity index is 1.13. The predicted molar refractivity (Wildman–Crippen MR) is 206 cm³/mol. The third kappa shape index (κ3) is 4.29. The van der Waals surface area contributed by atoms with Crippen molar-refractivity contribution in [2.75, 3.05) is 4.90 Å². The quantitative estimate of drug-likeness (QED) is 0.189. The Kier molecular flexibility index (Phi) is 6.56. The molecule has 7 aromatic rings. The van der Waals surface area contributed by atoms with Crippen molar-refractivity contribution < 1.29 is 0 Å². The number of nitrogens with zero attached hydrogens (tertiary/aromatic N) is 4. The smallest absolute Gasteiger partial charge is 0.164 e. The van der Waals surface area contributed by atoms with E-state index in [1.54, 1.807) is 0 Å². The maximum atomic E-state index is 4.98. The first-order valence-corrected chi connectivity index (χ1v) is 17.6. The van der Waals surface area contributed by atoms with Crippen LogP contribution in [0.25, 0.3) is 34.2 Å². The molecule has 0 fully saturated rings. The molecule has 3 aliphatic rings. The van der Waals surface area contributed by atoms with Gasteiger partial charge in [-0.25, -0.2) is 15.0 Å². The summed E-state index contributed by atoms with van der Waals surface area (Å²) in [6, 6.07) is 56.0. The highest BCUT2D eigenvalue weighted by Gasteiger charge is 2.61. The summed E-state index contributed by atoms with van der Waals surface area (Å²) in [5.41, 5.74) is 11.3. The largest absolute Gasteiger partial charge is 0.310 e. The van der Waals surface area contributed by atoms with Crippen molar-refractivity contribution in [2.45, 2.75) is 17.8 Å². The van der Waals surface area contributed by atoms with Gasteiger partial charge in [0, 0.05) is 33.7 Å². The van der Waals surface area contributed by atoms with Gasteiger partial charge in [0.05, 0.1) is 16.8 Å². The van der Waals surface area contributed by atoms with Gasteiger partial charge in [-0.3, -0.25) is 0 Å². The molecule has 6 aromatic carbocycles. The first-order valence-electron chi connectivity index (χ1n) is 17.6. The van der Waals surface area contributed by atoms with Crippen molar-refractivity contribution in [1.29, 1.82) is 0 Å². The molecule has 2 unspecified atom stereocenters. The summed E-state index contributed by atoms with van der Waals surface area (Å²) in [6.07, 6.45) is 9.32. The van der Waals surface area contributed by atoms with Gasteiger partial charge in [-0.15, -0.1) is 0 Å². The average Bonchev–Trinajstić information content (AvgIpc) is 3.44. The lowest BCUT2D eigenvalue weighted by atomic mass is 9.58. The molecule has 2 atom stereocenters. The lowest BCUT2D eigenvalue weighted by molar-refractivity contribution is 0.365. The van der Waals surface area contributed by atoms with E-state index >= 15 is 0 Å². The molecule has 2 heterocycles. The minimum Gasteiger partial charge on any atom is -0.310 e. The second kappa shape index (κ2) is 11.3. The molecule has 1 spiro atoms. The second-order valence-corrected chi connectivity index (χ2v) is 13.8. The van der Waals surface area contributed by atoms with Crippen LogP contribution in [-0.2, 0) is 10.8 Å². The molecule has 1 aromatic heterocycles. The topological polar surface area (TPSA) is 41.9 Å². The Morgan fingerprint density at radius 1 is 0.451 bits per heavy atom. The summed E-state index contributed by atoms with van der Waals surface area (Å²) in [5.74, 6) is 2.18. The molecule has 0 bridgehead atoms. The molecule has 51 heavy (non-hydrogen) atoms. The first-order chi connectivity index (χ1) is 25.2. The molecular formula is C47H34N4. The number of aromatic nitrogens is 3. The van der Waals surface area contributed by atoms with Gasteiger partial charge in [-0.05, 0) is 58.7 Å². The van der Waals surface area contributed by atoms with E-state index in [4.69, 9.17) is 15.0 Å². The molecule has 2 aliphatic carbocycles. The molecular weight excluding hydrogens is 621 g/mol. The van der Waals surface area contributed by atoms with Gasteiger partial charge in [0.1, 0.15) is 0 Å². The Labute approximate surface area is 298 Å². The Morgan fingerprint density at radius 3 is 1.45 bits per heavy atom. The van der Waals surface area contributed by atoms with Crippen molar-refractivity contribution in [2.24, 2.45) is 5.92 Å². The first kappa shape index (κ1) is 29.5. The molecule has 0 N–H and O–H groups in total. The lowest BCUT2D eigenvalue weighted by Crippen LogP contribution is -2.43. The maximum absolute atomic E-state index is 4.98. The molecule has 0 saturated heterocycles. The van der Waals surface area contributed by atoms with Gasteiger partial charge < -0.3 is 4.90 Å². The Bertz CT molecular complexity index is 2400. The van der Waals surface area contributed by atoms with Gasteiger partial charge in [0.25, 0.3) is 0 Å². The molecule has 4 heteroatoms. The van der Waals surface area contributed by atoms with E-state index in [-0.39, 0.29) is 16.7 Å². The van der Waals surface area contributed by atoms with Gasteiger partial charge in [0.2, 0.25) is 0 Å². The van der Waals surface area contributed by atoms with Crippen molar-refractivity contribution >= 4 is 17.1 Å². The van der Waals surface area contributed by atoms with Crippen LogP contribution in [0.5, 0.6) is 0 Å². The van der Waals surface area contributed by atoms with E-state index in [1.807, 2.05) is 60.7 Å². The molecule has 0 amide bonds. The standard InChI is InChI=1S/C47H34N4/c1-46-31-15-14-26-42(46)47(37-21-9-8-20-36(37)46)38-22-10-12-24-40(38)51(41-25-13-11-23-39(41)47)35-29-27-34(28-30-35)45-49-43(32-16-4-2-5-17-32)48-44(50-45)33-18-6-3-7-19-33/h2-31,42H,1H3. The van der Waals surface area contributed by atoms with Crippen LogP contribution < -0.4 is 4.90 Å². The normalized spacial score (nSPS) is 18.9. The van der Waals surface area contributed by atoms with E-state index in [2.05, 4.69) is 133 Å². The molecule has 10 rings (SSSR count). The van der Waals surface area contributed by atoms with Crippen LogP contribution in [0.4, 0.5) is 17.1 Å². The molecule has 4 nitrogen and oxygen atoms in total. The molecule has 242 valence electrons. The lowest BCUT2D eigenvalue weighted by Gasteiger charge is -2.48. The van der Waals surface area contributed by atoms with E-state index in [1.165, 1.54) is 33.6 Å². The number of para-hydroxylation sites is 2. The van der Waals surface area contributed by atoms with Crippen LogP contribution in [0, 0.1) is 5.92 Å². The zero-order valence-corrected chi connectivity index (χ0v) is 28.2. The van der Waals surface area contributed by atoms with E-state index in [0.717, 1.165) is 22.4 Å². The van der Waals surface area contributed by atoms with Crippen LogP contribution in [0.2, 0.25) is 0 Å². The Hall–Kier alpha value is -6.39. The fourth-order valence-electron chi connectivity index (χ4n) is 8.93. The predicted octanol–water partition coefficient (Wildman–Crippen LogP) is 11.0. The van der Waals surface area contributed by atoms with E-state index < -0.39 is 0 Å². The van der Waals surface area contributed by atoms with Crippen LogP contribution in [0.15, 0.2) is 182 Å². The molecule has 0 saturated carbocycles. The van der Waals surface area contributed by atoms with Crippen molar-refractivity contribution in [3.63, 3.8) is 0 Å². The fourth-order valence-corrected chi connectivity index (χ4v) is 8.93. The number of rotatable bonds is 4. The number of allylic oxidation sites excluding steroid dienone is 4. The minimum absolute atomic E-state index is 0.128. The highest BCUT2D eigenvalue weighted by atomic mass is 15.2. The van der Waals surface area contributed by atoms with Crippen molar-refractivity contribution in [1.82, 2.24) is 15.0 Å². The van der Waals surface area contributed by atoms with Crippen LogP contribution in [-0.4, -0.2) is 15.0 Å². The minimum atomic E-state index is -0.344. The summed E-state index contributed by atoms with van der Waals surface area (Å²) in [7, 11) is 0. The highest BCUT2D eigenvalue weighted by Crippen LogP contribution is 2.67. The van der Waals surface area contributed by atoms with Crippen molar-refractivity contribution in [3.05, 3.63) is 204 Å². The summed E-state index contributed by atoms with van der Waals surface area (Å²) in [5, 5.41) is 0. The second-order valence-electron chi connectivity index (χ2n) is 13.8. The molecule has 0 radical (unpaired) electrons. The van der Waals surface area contributed by atoms with Crippen molar-refractivity contribution in [3.8, 4) is 34.2 Å². The van der Waals surface area contributed by atoms with Gasteiger partial charge in [0.15, 0.2) is 17.5 Å². The SMILES string of the molecule is CC12C=CC=CC1C1(c3ccccc3N(c3ccc(-c4nc(-c5ccccc5)nc(-c5ccccc5)n4)cc3)c3ccccc31)c1ccccc12. The number of fused-ring (bicyclic) bond motifs is 9. The fraction of sp³-hybridized carbons (Fsp3) is 0.0851. The van der Waals surface area contributed by atoms with E-state index in [9.17, 15) is 0 Å². The average molecular weight is 655 g/mol. The summed E-state index contributed by atoms with van der Waals surface area (Å²) < 4.78 is 0. The zero-order chi connectivity index (χ0) is 34.0. The third-order valence-corrected chi connectivity index (χ3v) is 11.1. The highest BCUT2D eigenvalue weighted by molar-refractivity contribution is 5.89. The molecule has 1 aliphatic heterocycles. The number of hydrogen-bond acceptors (Lipinski definition) is 4. The monoisotopic (exact) mass is 654 g/mol. The summed E-state index contributed by atoms with van der Waals surface area (Å²) >= 11 is 0. The van der Waals surface area contributed by atoms with Gasteiger partial charge in [-0.2, -0.15) is 0 Å². The number of benzene rings is 6. The van der Waals surface area contributed by atoms with E-state index in [0.29, 0.717) is 17.5 Å². The Morgan fingerprint density at radius 2 is 0.902 bits per heavy atom. The summed E-state index contributed by atoms with van der Waals surface area (Å²) in [6.45, 7) is 2.41. The van der Waals surface area contributed by atoms with Crippen LogP contribution in [0.1, 0.15) is 29.2 Å². The number of anilines is 3.